The van der Waals surface area contributed by atoms with Crippen molar-refractivity contribution in [1.82, 2.24) is 0 Å². The first kappa shape index (κ1) is 13.4. The predicted octanol–water partition coefficient (Wildman–Crippen LogP) is 2.33. The molecule has 0 unspecified atom stereocenters. The van der Waals surface area contributed by atoms with Crippen LogP contribution >= 0.6 is 0 Å². The average Bonchev–Trinajstić information content (AvgIpc) is 2.25. The number of halogens is 3. The van der Waals surface area contributed by atoms with Crippen LogP contribution in [0.5, 0.6) is 5.75 Å². The number of alkyl halides is 3. The first-order valence-corrected chi connectivity index (χ1v) is 5.00. The van der Waals surface area contributed by atoms with Gasteiger partial charge in [-0.15, -0.1) is 0 Å². The molecule has 0 heterocycles. The zero-order valence-corrected chi connectivity index (χ0v) is 9.05. The van der Waals surface area contributed by atoms with E-state index in [0.717, 1.165) is 0 Å². The van der Waals surface area contributed by atoms with Gasteiger partial charge in [-0.1, -0.05) is 17.9 Å². The Bertz CT molecular complexity index is 418. The Kier molecular flexibility index (Phi) is 4.85. The lowest BCUT2D eigenvalue weighted by molar-refractivity contribution is -0.139. The lowest BCUT2D eigenvalue weighted by Crippen LogP contribution is -2.13. The molecular formula is C12H12F3NO. The van der Waals surface area contributed by atoms with Crippen LogP contribution in [0.3, 0.4) is 0 Å². The lowest BCUT2D eigenvalue weighted by atomic mass is 10.2. The van der Waals surface area contributed by atoms with Crippen molar-refractivity contribution in [3.63, 3.8) is 0 Å². The fourth-order valence-electron chi connectivity index (χ4n) is 1.10. The van der Waals surface area contributed by atoms with Crippen molar-refractivity contribution in [3.8, 4) is 17.6 Å². The minimum atomic E-state index is -4.20. The number of hydrogen-bond acceptors (Lipinski definition) is 2. The molecule has 2 N–H and O–H groups in total. The highest BCUT2D eigenvalue weighted by Crippen LogP contribution is 2.20. The first-order valence-electron chi connectivity index (χ1n) is 5.00. The van der Waals surface area contributed by atoms with Gasteiger partial charge in [-0.3, -0.25) is 0 Å². The predicted molar refractivity (Wildman–Crippen MR) is 58.5 cm³/mol. The van der Waals surface area contributed by atoms with Gasteiger partial charge in [-0.2, -0.15) is 13.2 Å². The molecule has 0 amide bonds. The van der Waals surface area contributed by atoms with Crippen molar-refractivity contribution in [2.45, 2.75) is 12.6 Å². The van der Waals surface area contributed by atoms with E-state index in [1.165, 1.54) is 0 Å². The Morgan fingerprint density at radius 1 is 1.29 bits per heavy atom. The summed E-state index contributed by atoms with van der Waals surface area (Å²) >= 11 is 0. The van der Waals surface area contributed by atoms with Gasteiger partial charge in [0.15, 0.2) is 0 Å². The average molecular weight is 243 g/mol. The molecule has 0 aliphatic rings. The van der Waals surface area contributed by atoms with Crippen molar-refractivity contribution in [1.29, 1.82) is 0 Å². The van der Waals surface area contributed by atoms with Crippen LogP contribution in [-0.2, 0) is 0 Å². The van der Waals surface area contributed by atoms with Crippen molar-refractivity contribution >= 4 is 0 Å². The summed E-state index contributed by atoms with van der Waals surface area (Å²) in [7, 11) is 0. The van der Waals surface area contributed by atoms with Crippen LogP contribution in [0.2, 0.25) is 0 Å². The molecule has 0 atom stereocenters. The molecule has 0 saturated heterocycles. The van der Waals surface area contributed by atoms with E-state index in [9.17, 15) is 13.2 Å². The summed E-state index contributed by atoms with van der Waals surface area (Å²) < 4.78 is 40.6. The Balaban J connectivity index is 2.54. The fraction of sp³-hybridized carbons (Fsp3) is 0.333. The molecule has 1 aromatic rings. The van der Waals surface area contributed by atoms with Gasteiger partial charge in [0, 0.05) is 5.56 Å². The van der Waals surface area contributed by atoms with Gasteiger partial charge in [0.1, 0.15) is 5.75 Å². The highest BCUT2D eigenvalue weighted by atomic mass is 19.4. The molecule has 17 heavy (non-hydrogen) atoms. The standard InChI is InChI=1S/C12H12F3NO/c13-12(14,15)6-8-17-11-5-1-3-10(9-11)4-2-7-16/h1,3,5,9H,6-8,16H2. The van der Waals surface area contributed by atoms with E-state index in [2.05, 4.69) is 11.8 Å². The van der Waals surface area contributed by atoms with Crippen molar-refractivity contribution in [3.05, 3.63) is 29.8 Å². The number of ether oxygens (including phenoxy) is 1. The Morgan fingerprint density at radius 2 is 2.06 bits per heavy atom. The van der Waals surface area contributed by atoms with Crippen LogP contribution in [0.4, 0.5) is 13.2 Å². The molecule has 2 nitrogen and oxygen atoms in total. The molecule has 92 valence electrons. The third-order valence-corrected chi connectivity index (χ3v) is 1.82. The van der Waals surface area contributed by atoms with E-state index >= 15 is 0 Å². The fourth-order valence-corrected chi connectivity index (χ4v) is 1.10. The van der Waals surface area contributed by atoms with Crippen LogP contribution in [-0.4, -0.2) is 19.3 Å². The van der Waals surface area contributed by atoms with E-state index in [4.69, 9.17) is 10.5 Å². The van der Waals surface area contributed by atoms with Crippen LogP contribution in [0, 0.1) is 11.8 Å². The van der Waals surface area contributed by atoms with E-state index in [-0.39, 0.29) is 6.54 Å². The summed E-state index contributed by atoms with van der Waals surface area (Å²) in [5.41, 5.74) is 5.88. The molecule has 5 heteroatoms. The van der Waals surface area contributed by atoms with Crippen molar-refractivity contribution in [2.75, 3.05) is 13.2 Å². The van der Waals surface area contributed by atoms with Crippen LogP contribution < -0.4 is 10.5 Å². The summed E-state index contributed by atoms with van der Waals surface area (Å²) in [6.07, 6.45) is -5.16. The van der Waals surface area contributed by atoms with Gasteiger partial charge < -0.3 is 10.5 Å². The maximum absolute atomic E-state index is 11.9. The highest BCUT2D eigenvalue weighted by molar-refractivity contribution is 5.39. The number of benzene rings is 1. The lowest BCUT2D eigenvalue weighted by Gasteiger charge is -2.08. The van der Waals surface area contributed by atoms with Crippen molar-refractivity contribution < 1.29 is 17.9 Å². The maximum Gasteiger partial charge on any atom is 0.392 e. The molecule has 0 aliphatic heterocycles. The second-order valence-corrected chi connectivity index (χ2v) is 3.25. The van der Waals surface area contributed by atoms with E-state index < -0.39 is 19.2 Å². The van der Waals surface area contributed by atoms with Gasteiger partial charge in [-0.05, 0) is 18.2 Å². The molecule has 0 radical (unpaired) electrons. The number of hydrogen-bond donors (Lipinski definition) is 1. The Hall–Kier alpha value is -1.67. The SMILES string of the molecule is NCC#Cc1cccc(OCCC(F)(F)F)c1. The summed E-state index contributed by atoms with van der Waals surface area (Å²) in [6.45, 7) is -0.156. The Labute approximate surface area is 97.6 Å². The monoisotopic (exact) mass is 243 g/mol. The summed E-state index contributed by atoms with van der Waals surface area (Å²) in [5.74, 6) is 5.80. The topological polar surface area (TPSA) is 35.2 Å². The molecular weight excluding hydrogens is 231 g/mol. The third-order valence-electron chi connectivity index (χ3n) is 1.82. The number of rotatable bonds is 3. The molecule has 1 aromatic carbocycles. The van der Waals surface area contributed by atoms with Gasteiger partial charge in [-0.25, -0.2) is 0 Å². The highest BCUT2D eigenvalue weighted by Gasteiger charge is 2.26. The molecule has 0 saturated carbocycles. The van der Waals surface area contributed by atoms with Crippen molar-refractivity contribution in [2.24, 2.45) is 5.73 Å². The molecule has 0 aliphatic carbocycles. The minimum Gasteiger partial charge on any atom is -0.493 e. The smallest absolute Gasteiger partial charge is 0.392 e. The molecule has 0 aromatic heterocycles. The first-order chi connectivity index (χ1) is 8.01. The molecule has 0 spiro atoms. The molecule has 1 rings (SSSR count). The zero-order chi connectivity index (χ0) is 12.7. The normalized spacial score (nSPS) is 10.6. The number of nitrogens with two attached hydrogens (primary N) is 1. The Morgan fingerprint density at radius 3 is 2.71 bits per heavy atom. The van der Waals surface area contributed by atoms with Crippen LogP contribution in [0.1, 0.15) is 12.0 Å². The van der Waals surface area contributed by atoms with Crippen LogP contribution in [0.25, 0.3) is 0 Å². The van der Waals surface area contributed by atoms with Gasteiger partial charge in [0.05, 0.1) is 19.6 Å². The van der Waals surface area contributed by atoms with E-state index in [0.29, 0.717) is 11.3 Å². The van der Waals surface area contributed by atoms with E-state index in [1.54, 1.807) is 24.3 Å². The second-order valence-electron chi connectivity index (χ2n) is 3.25. The second kappa shape index (κ2) is 6.16. The van der Waals surface area contributed by atoms with Gasteiger partial charge >= 0.3 is 6.18 Å². The quantitative estimate of drug-likeness (QED) is 0.827. The van der Waals surface area contributed by atoms with E-state index in [1.807, 2.05) is 0 Å². The summed E-state index contributed by atoms with van der Waals surface area (Å²) in [5, 5.41) is 0. The minimum absolute atomic E-state index is 0.235. The van der Waals surface area contributed by atoms with Gasteiger partial charge in [0.2, 0.25) is 0 Å². The maximum atomic E-state index is 11.9. The molecule has 0 bridgehead atoms. The van der Waals surface area contributed by atoms with Gasteiger partial charge in [0.25, 0.3) is 0 Å². The molecule has 0 fully saturated rings. The largest absolute Gasteiger partial charge is 0.493 e. The zero-order valence-electron chi connectivity index (χ0n) is 9.05. The van der Waals surface area contributed by atoms with Crippen LogP contribution in [0.15, 0.2) is 24.3 Å². The summed E-state index contributed by atoms with van der Waals surface area (Å²) in [6, 6.07) is 6.58. The third kappa shape index (κ3) is 5.83. The summed E-state index contributed by atoms with van der Waals surface area (Å²) in [4.78, 5) is 0.